The zero-order chi connectivity index (χ0) is 13.4. The number of aliphatic hydroxyl groups is 1. The molecule has 0 saturated heterocycles. The predicted octanol–water partition coefficient (Wildman–Crippen LogP) is 0.255. The van der Waals surface area contributed by atoms with Crippen molar-refractivity contribution >= 4 is 11.9 Å². The van der Waals surface area contributed by atoms with Crippen LogP contribution in [0.1, 0.15) is 26.7 Å². The van der Waals surface area contributed by atoms with Crippen LogP contribution in [-0.2, 0) is 9.59 Å². The maximum atomic E-state index is 11.1. The molecule has 0 heterocycles. The van der Waals surface area contributed by atoms with Gasteiger partial charge in [0.2, 0.25) is 0 Å². The first-order valence-electron chi connectivity index (χ1n) is 5.74. The van der Waals surface area contributed by atoms with Crippen LogP contribution in [0.4, 0.5) is 0 Å². The van der Waals surface area contributed by atoms with Gasteiger partial charge in [0.05, 0.1) is 12.5 Å². The molecule has 3 N–H and O–H groups in total. The van der Waals surface area contributed by atoms with Gasteiger partial charge in [0.25, 0.3) is 0 Å². The number of aliphatic carboxylic acids is 2. The second-order valence-corrected chi connectivity index (χ2v) is 4.10. The van der Waals surface area contributed by atoms with E-state index in [2.05, 4.69) is 0 Å². The summed E-state index contributed by atoms with van der Waals surface area (Å²) in [4.78, 5) is 23.4. The quantitative estimate of drug-likeness (QED) is 0.540. The molecule has 0 aromatic carbocycles. The third-order valence-electron chi connectivity index (χ3n) is 2.61. The molecule has 0 fully saturated rings. The summed E-state index contributed by atoms with van der Waals surface area (Å²) in [6.45, 7) is 3.52. The highest BCUT2D eigenvalue weighted by atomic mass is 16.4. The number of hydrogen-bond donors (Lipinski definition) is 3. The lowest BCUT2D eigenvalue weighted by Gasteiger charge is -2.29. The average molecular weight is 247 g/mol. The highest BCUT2D eigenvalue weighted by molar-refractivity contribution is 5.74. The van der Waals surface area contributed by atoms with E-state index in [-0.39, 0.29) is 19.7 Å². The van der Waals surface area contributed by atoms with Crippen molar-refractivity contribution in [1.82, 2.24) is 4.90 Å². The van der Waals surface area contributed by atoms with Crippen molar-refractivity contribution in [3.05, 3.63) is 0 Å². The number of aliphatic hydroxyl groups excluding tert-OH is 1. The van der Waals surface area contributed by atoms with Gasteiger partial charge < -0.3 is 15.3 Å². The maximum absolute atomic E-state index is 11.1. The Hall–Kier alpha value is -1.14. The summed E-state index contributed by atoms with van der Waals surface area (Å²) < 4.78 is 0. The number of carboxylic acids is 2. The molecule has 0 aromatic heterocycles. The van der Waals surface area contributed by atoms with Crippen molar-refractivity contribution in [2.75, 3.05) is 19.7 Å². The van der Waals surface area contributed by atoms with E-state index in [1.807, 2.05) is 6.92 Å². The molecular formula is C11H21NO5. The zero-order valence-corrected chi connectivity index (χ0v) is 10.3. The van der Waals surface area contributed by atoms with Crippen LogP contribution in [0.25, 0.3) is 0 Å². The Morgan fingerprint density at radius 1 is 1.24 bits per heavy atom. The molecule has 17 heavy (non-hydrogen) atoms. The second kappa shape index (κ2) is 8.03. The first-order chi connectivity index (χ1) is 7.93. The van der Waals surface area contributed by atoms with Gasteiger partial charge in [-0.25, -0.2) is 0 Å². The van der Waals surface area contributed by atoms with Gasteiger partial charge in [-0.2, -0.15) is 0 Å². The molecule has 0 spiro atoms. The molecule has 0 saturated carbocycles. The molecular weight excluding hydrogens is 226 g/mol. The molecule has 0 aliphatic heterocycles. The summed E-state index contributed by atoms with van der Waals surface area (Å²) in [5.41, 5.74) is 0. The van der Waals surface area contributed by atoms with Crippen LogP contribution in [0.3, 0.4) is 0 Å². The number of carboxylic acid groups (broad SMARTS) is 2. The molecule has 2 unspecified atom stereocenters. The molecule has 0 bridgehead atoms. The normalized spacial score (nSPS) is 14.6. The Morgan fingerprint density at radius 2 is 1.82 bits per heavy atom. The molecule has 0 radical (unpaired) electrons. The van der Waals surface area contributed by atoms with Gasteiger partial charge >= 0.3 is 11.9 Å². The summed E-state index contributed by atoms with van der Waals surface area (Å²) in [5, 5.41) is 26.8. The van der Waals surface area contributed by atoms with Crippen molar-refractivity contribution in [1.29, 1.82) is 0 Å². The molecule has 0 aromatic rings. The summed E-state index contributed by atoms with van der Waals surface area (Å²) in [6.07, 6.45) is 1.14. The molecule has 0 amide bonds. The van der Waals surface area contributed by atoms with E-state index in [0.717, 1.165) is 0 Å². The lowest BCUT2D eigenvalue weighted by molar-refractivity contribution is -0.147. The monoisotopic (exact) mass is 247 g/mol. The van der Waals surface area contributed by atoms with Gasteiger partial charge in [0.1, 0.15) is 6.04 Å². The summed E-state index contributed by atoms with van der Waals surface area (Å²) in [7, 11) is 0. The van der Waals surface area contributed by atoms with Crippen LogP contribution in [0.5, 0.6) is 0 Å². The van der Waals surface area contributed by atoms with Gasteiger partial charge in [-0.15, -0.1) is 0 Å². The van der Waals surface area contributed by atoms with E-state index >= 15 is 0 Å². The third kappa shape index (κ3) is 5.65. The van der Waals surface area contributed by atoms with Gasteiger partial charge in [0.15, 0.2) is 0 Å². The van der Waals surface area contributed by atoms with E-state index in [9.17, 15) is 9.59 Å². The van der Waals surface area contributed by atoms with Crippen molar-refractivity contribution in [3.8, 4) is 0 Å². The highest BCUT2D eigenvalue weighted by Crippen LogP contribution is 2.10. The fourth-order valence-corrected chi connectivity index (χ4v) is 1.67. The Labute approximate surface area is 101 Å². The minimum Gasteiger partial charge on any atom is -0.481 e. The average Bonchev–Trinajstić information content (AvgIpc) is 2.24. The van der Waals surface area contributed by atoms with Crippen molar-refractivity contribution in [2.24, 2.45) is 5.92 Å². The number of carbonyl (C=O) groups is 2. The molecule has 0 rings (SSSR count). The van der Waals surface area contributed by atoms with Crippen molar-refractivity contribution < 1.29 is 24.9 Å². The topological polar surface area (TPSA) is 98.1 Å². The molecule has 6 heteroatoms. The Kier molecular flexibility index (Phi) is 7.49. The van der Waals surface area contributed by atoms with Gasteiger partial charge in [0, 0.05) is 13.1 Å². The second-order valence-electron chi connectivity index (χ2n) is 4.10. The van der Waals surface area contributed by atoms with Crippen LogP contribution in [0.2, 0.25) is 0 Å². The van der Waals surface area contributed by atoms with Crippen LogP contribution < -0.4 is 0 Å². The van der Waals surface area contributed by atoms with Gasteiger partial charge in [-0.1, -0.05) is 20.3 Å². The first-order valence-corrected chi connectivity index (χ1v) is 5.74. The lowest BCUT2D eigenvalue weighted by atomic mass is 10.1. The molecule has 2 atom stereocenters. The summed E-state index contributed by atoms with van der Waals surface area (Å²) >= 11 is 0. The van der Waals surface area contributed by atoms with E-state index < -0.39 is 23.9 Å². The third-order valence-corrected chi connectivity index (χ3v) is 2.61. The Balaban J connectivity index is 4.66. The number of rotatable bonds is 9. The van der Waals surface area contributed by atoms with E-state index in [0.29, 0.717) is 12.8 Å². The standard InChI is InChI=1S/C11H21NO5/c1-3-4-9(11(16)17)12(5-6-13)7-8(2)10(14)15/h8-9,13H,3-7H2,1-2H3,(H,14,15)(H,16,17). The minimum absolute atomic E-state index is 0.132. The minimum atomic E-state index is -0.974. The smallest absolute Gasteiger partial charge is 0.320 e. The highest BCUT2D eigenvalue weighted by Gasteiger charge is 2.27. The van der Waals surface area contributed by atoms with Crippen LogP contribution >= 0.6 is 0 Å². The lowest BCUT2D eigenvalue weighted by Crippen LogP contribution is -2.45. The van der Waals surface area contributed by atoms with E-state index in [4.69, 9.17) is 15.3 Å². The molecule has 6 nitrogen and oxygen atoms in total. The summed E-state index contributed by atoms with van der Waals surface area (Å²) in [5.74, 6) is -2.59. The largest absolute Gasteiger partial charge is 0.481 e. The van der Waals surface area contributed by atoms with Gasteiger partial charge in [-0.05, 0) is 6.42 Å². The zero-order valence-electron chi connectivity index (χ0n) is 10.3. The Bertz CT molecular complexity index is 256. The fourth-order valence-electron chi connectivity index (χ4n) is 1.67. The Morgan fingerprint density at radius 3 is 2.18 bits per heavy atom. The van der Waals surface area contributed by atoms with E-state index in [1.54, 1.807) is 0 Å². The first kappa shape index (κ1) is 15.9. The molecule has 0 aliphatic rings. The number of hydrogen-bond acceptors (Lipinski definition) is 4. The number of nitrogens with zero attached hydrogens (tertiary/aromatic N) is 1. The van der Waals surface area contributed by atoms with E-state index in [1.165, 1.54) is 11.8 Å². The van der Waals surface area contributed by atoms with Crippen molar-refractivity contribution in [3.63, 3.8) is 0 Å². The predicted molar refractivity (Wildman–Crippen MR) is 61.8 cm³/mol. The fraction of sp³-hybridized carbons (Fsp3) is 0.818. The molecule has 100 valence electrons. The SMILES string of the molecule is CCCC(C(=O)O)N(CCO)CC(C)C(=O)O. The maximum Gasteiger partial charge on any atom is 0.320 e. The van der Waals surface area contributed by atoms with Crippen molar-refractivity contribution in [2.45, 2.75) is 32.7 Å². The van der Waals surface area contributed by atoms with Gasteiger partial charge in [-0.3, -0.25) is 14.5 Å². The van der Waals surface area contributed by atoms with Crippen LogP contribution in [0, 0.1) is 5.92 Å². The molecule has 0 aliphatic carbocycles. The van der Waals surface area contributed by atoms with Crippen LogP contribution in [0.15, 0.2) is 0 Å². The summed E-state index contributed by atoms with van der Waals surface area (Å²) in [6, 6.07) is -0.728. The van der Waals surface area contributed by atoms with Crippen LogP contribution in [-0.4, -0.2) is 57.9 Å².